The molecular formula is C31H41N3Si. The van der Waals surface area contributed by atoms with Crippen LogP contribution in [0.25, 0.3) is 10.9 Å². The second kappa shape index (κ2) is 8.87. The van der Waals surface area contributed by atoms with Gasteiger partial charge in [-0.2, -0.15) is 0 Å². The Hall–Kier alpha value is -2.48. The van der Waals surface area contributed by atoms with Gasteiger partial charge in [0.25, 0.3) is 0 Å². The van der Waals surface area contributed by atoms with E-state index in [1.165, 1.54) is 57.4 Å². The second-order valence-corrected chi connectivity index (χ2v) is 16.8. The number of aryl methyl sites for hydroxylation is 1. The minimum atomic E-state index is -1.40. The highest BCUT2D eigenvalue weighted by atomic mass is 28.3. The summed E-state index contributed by atoms with van der Waals surface area (Å²) in [6.45, 7) is 16.3. The molecule has 3 aromatic rings. The summed E-state index contributed by atoms with van der Waals surface area (Å²) in [5, 5.41) is 4.83. The van der Waals surface area contributed by atoms with Crippen molar-refractivity contribution in [3.63, 3.8) is 0 Å². The maximum Gasteiger partial charge on any atom is 0.129 e. The molecular weight excluding hydrogens is 442 g/mol. The van der Waals surface area contributed by atoms with Crippen LogP contribution in [0.3, 0.4) is 0 Å². The van der Waals surface area contributed by atoms with Gasteiger partial charge in [-0.3, -0.25) is 0 Å². The minimum absolute atomic E-state index is 0.0591. The Morgan fingerprint density at radius 2 is 1.86 bits per heavy atom. The van der Waals surface area contributed by atoms with Crippen LogP contribution >= 0.6 is 0 Å². The van der Waals surface area contributed by atoms with Gasteiger partial charge in [0.15, 0.2) is 0 Å². The first-order chi connectivity index (χ1) is 16.6. The van der Waals surface area contributed by atoms with Crippen molar-refractivity contribution in [2.75, 3.05) is 25.0 Å². The minimum Gasteiger partial charge on any atom is -0.371 e. The van der Waals surface area contributed by atoms with Crippen LogP contribution < -0.4 is 10.2 Å². The number of aromatic amines is 1. The van der Waals surface area contributed by atoms with Crippen LogP contribution in [-0.4, -0.2) is 39.2 Å². The third kappa shape index (κ3) is 4.45. The number of benzene rings is 2. The molecule has 0 atom stereocenters. The zero-order valence-electron chi connectivity index (χ0n) is 22.7. The van der Waals surface area contributed by atoms with E-state index in [-0.39, 0.29) is 5.41 Å². The average molecular weight is 484 g/mol. The Bertz CT molecular complexity index is 1320. The quantitative estimate of drug-likeness (QED) is 0.335. The summed E-state index contributed by atoms with van der Waals surface area (Å²) in [5.41, 5.74) is 14.6. The molecule has 184 valence electrons. The first kappa shape index (κ1) is 24.2. The summed E-state index contributed by atoms with van der Waals surface area (Å²) in [7, 11) is 0.699. The molecule has 0 saturated carbocycles. The normalized spacial score (nSPS) is 17.6. The van der Waals surface area contributed by atoms with Crippen molar-refractivity contribution in [3.05, 3.63) is 63.8 Å². The fourth-order valence-electron chi connectivity index (χ4n) is 6.03. The number of hydrogen-bond donors (Lipinski definition) is 2. The van der Waals surface area contributed by atoms with Crippen LogP contribution in [0.4, 0.5) is 5.69 Å². The molecule has 0 spiro atoms. The number of anilines is 1. The van der Waals surface area contributed by atoms with E-state index in [0.717, 1.165) is 31.5 Å². The molecule has 0 radical (unpaired) electrons. The highest BCUT2D eigenvalue weighted by Gasteiger charge is 2.36. The molecule has 2 N–H and O–H groups in total. The number of piperidine rings is 1. The maximum atomic E-state index is 3.85. The van der Waals surface area contributed by atoms with Crippen LogP contribution in [0.5, 0.6) is 0 Å². The SMILES string of the molecule is CCc1cc2c(cc1N1CCC(NC)CC1)C(C)(C)c1[nH]c3cc(C#C[Si](C)(C)C)ccc3c1C2. The average Bonchev–Trinajstić information content (AvgIpc) is 3.20. The summed E-state index contributed by atoms with van der Waals surface area (Å²) >= 11 is 0. The first-order valence-electron chi connectivity index (χ1n) is 13.4. The molecule has 5 rings (SSSR count). The van der Waals surface area contributed by atoms with E-state index in [4.69, 9.17) is 0 Å². The lowest BCUT2D eigenvalue weighted by Crippen LogP contribution is -2.41. The summed E-state index contributed by atoms with van der Waals surface area (Å²) in [5.74, 6) is 3.44. The van der Waals surface area contributed by atoms with Gasteiger partial charge < -0.3 is 15.2 Å². The van der Waals surface area contributed by atoms with Crippen molar-refractivity contribution >= 4 is 24.7 Å². The molecule has 2 heterocycles. The Morgan fingerprint density at radius 1 is 1.11 bits per heavy atom. The van der Waals surface area contributed by atoms with Gasteiger partial charge in [-0.15, -0.1) is 5.54 Å². The van der Waals surface area contributed by atoms with E-state index in [0.29, 0.717) is 6.04 Å². The van der Waals surface area contributed by atoms with Crippen LogP contribution in [-0.2, 0) is 18.3 Å². The highest BCUT2D eigenvalue weighted by Crippen LogP contribution is 2.46. The molecule has 1 aromatic heterocycles. The predicted octanol–water partition coefficient (Wildman–Crippen LogP) is 6.38. The van der Waals surface area contributed by atoms with Gasteiger partial charge in [0.1, 0.15) is 8.07 Å². The zero-order valence-corrected chi connectivity index (χ0v) is 23.7. The molecule has 2 aromatic carbocycles. The smallest absolute Gasteiger partial charge is 0.129 e. The van der Waals surface area contributed by atoms with Gasteiger partial charge >= 0.3 is 0 Å². The Labute approximate surface area is 212 Å². The molecule has 0 amide bonds. The second-order valence-electron chi connectivity index (χ2n) is 12.1. The molecule has 2 aliphatic rings. The number of aromatic nitrogens is 1. The van der Waals surface area contributed by atoms with Crippen LogP contribution in [0.1, 0.15) is 67.1 Å². The fourth-order valence-corrected chi connectivity index (χ4v) is 6.55. The summed E-state index contributed by atoms with van der Waals surface area (Å²) in [6, 6.07) is 12.5. The van der Waals surface area contributed by atoms with E-state index in [9.17, 15) is 0 Å². The molecule has 1 aliphatic heterocycles. The third-order valence-electron chi connectivity index (χ3n) is 8.08. The first-order valence-corrected chi connectivity index (χ1v) is 16.9. The molecule has 1 fully saturated rings. The van der Waals surface area contributed by atoms with Gasteiger partial charge in [-0.05, 0) is 66.8 Å². The molecule has 1 saturated heterocycles. The van der Waals surface area contributed by atoms with E-state index in [1.807, 2.05) is 0 Å². The van der Waals surface area contributed by atoms with E-state index >= 15 is 0 Å². The van der Waals surface area contributed by atoms with E-state index in [2.05, 4.69) is 104 Å². The Balaban J connectivity index is 1.56. The predicted molar refractivity (Wildman–Crippen MR) is 154 cm³/mol. The van der Waals surface area contributed by atoms with Gasteiger partial charge in [-0.25, -0.2) is 0 Å². The largest absolute Gasteiger partial charge is 0.371 e. The number of H-pyrrole nitrogens is 1. The van der Waals surface area contributed by atoms with Crippen LogP contribution in [0.2, 0.25) is 19.6 Å². The van der Waals surface area contributed by atoms with Crippen molar-refractivity contribution < 1.29 is 0 Å². The number of nitrogens with one attached hydrogen (secondary N) is 2. The van der Waals surface area contributed by atoms with Crippen LogP contribution in [0, 0.1) is 11.5 Å². The lowest BCUT2D eigenvalue weighted by Gasteiger charge is -2.38. The van der Waals surface area contributed by atoms with E-state index < -0.39 is 8.07 Å². The monoisotopic (exact) mass is 483 g/mol. The molecule has 0 bridgehead atoms. The number of fused-ring (bicyclic) bond motifs is 4. The number of nitrogens with zero attached hydrogens (tertiary/aromatic N) is 1. The van der Waals surface area contributed by atoms with Gasteiger partial charge in [0.05, 0.1) is 0 Å². The molecule has 35 heavy (non-hydrogen) atoms. The van der Waals surface area contributed by atoms with Crippen molar-refractivity contribution in [1.29, 1.82) is 0 Å². The zero-order chi connectivity index (χ0) is 25.0. The summed E-state index contributed by atoms with van der Waals surface area (Å²) < 4.78 is 0. The molecule has 3 nitrogen and oxygen atoms in total. The standard InChI is InChI=1S/C31H41N3Si/c1-8-22-18-23-19-26-25-10-9-21(13-16-35(5,6)7)17-28(25)33-30(26)31(2,3)27(23)20-29(22)34-14-11-24(32-4)12-15-34/h9-10,17-18,20,24,32-33H,8,11-12,14-15,19H2,1-7H3. The topological polar surface area (TPSA) is 31.1 Å². The van der Waals surface area contributed by atoms with Crippen molar-refractivity contribution in [1.82, 2.24) is 10.3 Å². The van der Waals surface area contributed by atoms with Crippen LogP contribution in [0.15, 0.2) is 30.3 Å². The van der Waals surface area contributed by atoms with Gasteiger partial charge in [0, 0.05) is 58.8 Å². The Morgan fingerprint density at radius 3 is 2.51 bits per heavy atom. The highest BCUT2D eigenvalue weighted by molar-refractivity contribution is 6.83. The summed E-state index contributed by atoms with van der Waals surface area (Å²) in [4.78, 5) is 6.48. The lowest BCUT2D eigenvalue weighted by molar-refractivity contribution is 0.442. The van der Waals surface area contributed by atoms with Crippen molar-refractivity contribution in [2.24, 2.45) is 0 Å². The Kier molecular flexibility index (Phi) is 6.14. The van der Waals surface area contributed by atoms with Crippen molar-refractivity contribution in [2.45, 2.75) is 77.6 Å². The molecule has 0 unspecified atom stereocenters. The van der Waals surface area contributed by atoms with Gasteiger partial charge in [0.2, 0.25) is 0 Å². The van der Waals surface area contributed by atoms with E-state index in [1.54, 1.807) is 0 Å². The maximum absolute atomic E-state index is 3.85. The lowest BCUT2D eigenvalue weighted by atomic mass is 9.71. The molecule has 1 aliphatic carbocycles. The van der Waals surface area contributed by atoms with Gasteiger partial charge in [-0.1, -0.05) is 58.5 Å². The number of rotatable bonds is 3. The fraction of sp³-hybridized carbons (Fsp3) is 0.484. The number of hydrogen-bond acceptors (Lipinski definition) is 2. The van der Waals surface area contributed by atoms with Crippen molar-refractivity contribution in [3.8, 4) is 11.5 Å². The summed E-state index contributed by atoms with van der Waals surface area (Å²) in [6.07, 6.45) is 4.52. The third-order valence-corrected chi connectivity index (χ3v) is 8.96. The molecule has 4 heteroatoms.